The maximum Gasteiger partial charge on any atom is 0.0968 e. The van der Waals surface area contributed by atoms with Crippen LogP contribution >= 0.6 is 24.2 Å². The Labute approximate surface area is 92.0 Å². The highest BCUT2D eigenvalue weighted by atomic mass is 35.5. The number of nitrogens with two attached hydrogens (primary N) is 1. The van der Waals surface area contributed by atoms with Gasteiger partial charge in [-0.15, -0.1) is 0 Å². The molecule has 0 saturated carbocycles. The predicted molar refractivity (Wildman–Crippen MR) is 61.8 cm³/mol. The van der Waals surface area contributed by atoms with Crippen molar-refractivity contribution in [3.63, 3.8) is 0 Å². The molecule has 1 heterocycles. The Balaban J connectivity index is 2.77. The minimum atomic E-state index is -0.347. The average molecular weight is 228 g/mol. The summed E-state index contributed by atoms with van der Waals surface area (Å²) >= 11 is 10.1. The maximum atomic E-state index is 5.97. The Morgan fingerprint density at radius 1 is 1.57 bits per heavy atom. The van der Waals surface area contributed by atoms with Crippen LogP contribution in [0.3, 0.4) is 0 Å². The van der Waals surface area contributed by atoms with Crippen molar-refractivity contribution < 1.29 is 0 Å². The predicted octanol–water partition coefficient (Wildman–Crippen LogP) is 2.41. The van der Waals surface area contributed by atoms with E-state index < -0.39 is 0 Å². The largest absolute Gasteiger partial charge is 0.315 e. The zero-order chi connectivity index (χ0) is 10.3. The van der Waals surface area contributed by atoms with E-state index in [2.05, 4.69) is 22.8 Å². The second-order valence-electron chi connectivity index (χ2n) is 3.15. The standard InChI is InChI=1S/C9H10ClN3S/c1-4-6(10)3-2-5-7(4)12-13-8(5)9(11)14/h2-3,9,14H,11H2,1H3,(H,12,13). The first-order valence-electron chi connectivity index (χ1n) is 4.18. The molecule has 3 nitrogen and oxygen atoms in total. The molecule has 0 aliphatic rings. The Hall–Kier alpha value is -0.710. The lowest BCUT2D eigenvalue weighted by Crippen LogP contribution is -2.02. The third-order valence-corrected chi connectivity index (χ3v) is 2.91. The SMILES string of the molecule is Cc1c(Cl)ccc2c(C(N)S)[nH]nc12. The highest BCUT2D eigenvalue weighted by Crippen LogP contribution is 2.28. The van der Waals surface area contributed by atoms with Crippen molar-refractivity contribution in [2.24, 2.45) is 5.73 Å². The van der Waals surface area contributed by atoms with Crippen molar-refractivity contribution in [1.29, 1.82) is 0 Å². The third kappa shape index (κ3) is 1.39. The number of benzene rings is 1. The number of aromatic nitrogens is 2. The van der Waals surface area contributed by atoms with E-state index in [1.807, 2.05) is 19.1 Å². The van der Waals surface area contributed by atoms with Crippen LogP contribution in [0.2, 0.25) is 5.02 Å². The lowest BCUT2D eigenvalue weighted by atomic mass is 10.1. The van der Waals surface area contributed by atoms with Crippen LogP contribution in [0.1, 0.15) is 16.6 Å². The van der Waals surface area contributed by atoms with Crippen LogP contribution in [0.5, 0.6) is 0 Å². The molecule has 0 saturated heterocycles. The van der Waals surface area contributed by atoms with Crippen LogP contribution in [-0.4, -0.2) is 10.2 Å². The smallest absolute Gasteiger partial charge is 0.0968 e. The normalized spacial score (nSPS) is 13.4. The zero-order valence-electron chi connectivity index (χ0n) is 7.58. The van der Waals surface area contributed by atoms with E-state index in [4.69, 9.17) is 17.3 Å². The van der Waals surface area contributed by atoms with Crippen molar-refractivity contribution in [3.05, 3.63) is 28.4 Å². The summed E-state index contributed by atoms with van der Waals surface area (Å²) in [5, 5.41) is 8.38. The Bertz CT molecular complexity index is 478. The molecule has 0 bridgehead atoms. The topological polar surface area (TPSA) is 54.7 Å². The maximum absolute atomic E-state index is 5.97. The zero-order valence-corrected chi connectivity index (χ0v) is 9.23. The molecule has 3 N–H and O–H groups in total. The molecule has 1 aromatic carbocycles. The molecular formula is C9H10ClN3S. The molecule has 1 atom stereocenters. The van der Waals surface area contributed by atoms with Crippen LogP contribution < -0.4 is 5.73 Å². The molecular weight excluding hydrogens is 218 g/mol. The van der Waals surface area contributed by atoms with E-state index in [-0.39, 0.29) is 5.37 Å². The molecule has 1 aromatic heterocycles. The first-order chi connectivity index (χ1) is 6.61. The van der Waals surface area contributed by atoms with E-state index in [0.29, 0.717) is 5.02 Å². The summed E-state index contributed by atoms with van der Waals surface area (Å²) in [5.41, 5.74) is 8.31. The van der Waals surface area contributed by atoms with Crippen LogP contribution in [-0.2, 0) is 0 Å². The van der Waals surface area contributed by atoms with Crippen LogP contribution in [0, 0.1) is 6.92 Å². The third-order valence-electron chi connectivity index (χ3n) is 2.24. The van der Waals surface area contributed by atoms with Crippen molar-refractivity contribution in [1.82, 2.24) is 10.2 Å². The number of hydrogen-bond acceptors (Lipinski definition) is 3. The monoisotopic (exact) mass is 227 g/mol. The lowest BCUT2D eigenvalue weighted by molar-refractivity contribution is 0.943. The summed E-state index contributed by atoms with van der Waals surface area (Å²) in [4.78, 5) is 0. The molecule has 0 spiro atoms. The van der Waals surface area contributed by atoms with Gasteiger partial charge in [0.15, 0.2) is 0 Å². The second-order valence-corrected chi connectivity index (χ2v) is 4.11. The molecule has 14 heavy (non-hydrogen) atoms. The van der Waals surface area contributed by atoms with Gasteiger partial charge in [0.1, 0.15) is 0 Å². The van der Waals surface area contributed by atoms with Gasteiger partial charge in [-0.25, -0.2) is 0 Å². The number of aromatic amines is 1. The van der Waals surface area contributed by atoms with Gasteiger partial charge in [0.2, 0.25) is 0 Å². The average Bonchev–Trinajstić information content (AvgIpc) is 2.55. The lowest BCUT2D eigenvalue weighted by Gasteiger charge is -2.02. The minimum Gasteiger partial charge on any atom is -0.315 e. The number of halogens is 1. The fourth-order valence-electron chi connectivity index (χ4n) is 1.44. The quantitative estimate of drug-likeness (QED) is 0.518. The Morgan fingerprint density at radius 2 is 2.29 bits per heavy atom. The fraction of sp³-hybridized carbons (Fsp3) is 0.222. The van der Waals surface area contributed by atoms with Gasteiger partial charge in [-0.3, -0.25) is 5.10 Å². The van der Waals surface area contributed by atoms with Gasteiger partial charge in [0.05, 0.1) is 16.6 Å². The number of aryl methyl sites for hydroxylation is 1. The fourth-order valence-corrected chi connectivity index (χ4v) is 1.79. The Kier molecular flexibility index (Phi) is 2.43. The molecule has 1 unspecified atom stereocenters. The summed E-state index contributed by atoms with van der Waals surface area (Å²) in [6.07, 6.45) is 0. The minimum absolute atomic E-state index is 0.347. The van der Waals surface area contributed by atoms with Gasteiger partial charge in [0.25, 0.3) is 0 Å². The first-order valence-corrected chi connectivity index (χ1v) is 5.07. The van der Waals surface area contributed by atoms with Crippen molar-refractivity contribution in [2.45, 2.75) is 12.3 Å². The second kappa shape index (κ2) is 3.46. The van der Waals surface area contributed by atoms with E-state index in [9.17, 15) is 0 Å². The van der Waals surface area contributed by atoms with E-state index in [1.165, 1.54) is 0 Å². The number of hydrogen-bond donors (Lipinski definition) is 3. The van der Waals surface area contributed by atoms with Gasteiger partial charge in [-0.1, -0.05) is 11.6 Å². The van der Waals surface area contributed by atoms with Gasteiger partial charge in [0, 0.05) is 10.4 Å². The van der Waals surface area contributed by atoms with Gasteiger partial charge in [-0.05, 0) is 24.6 Å². The number of rotatable bonds is 1. The number of nitrogens with one attached hydrogen (secondary N) is 1. The number of H-pyrrole nitrogens is 1. The highest BCUT2D eigenvalue weighted by molar-refractivity contribution is 7.80. The molecule has 0 aliphatic carbocycles. The summed E-state index contributed by atoms with van der Waals surface area (Å²) in [7, 11) is 0. The highest BCUT2D eigenvalue weighted by Gasteiger charge is 2.12. The summed E-state index contributed by atoms with van der Waals surface area (Å²) in [6, 6.07) is 3.74. The van der Waals surface area contributed by atoms with Gasteiger partial charge >= 0.3 is 0 Å². The molecule has 0 aliphatic heterocycles. The van der Waals surface area contributed by atoms with Gasteiger partial charge < -0.3 is 5.73 Å². The number of fused-ring (bicyclic) bond motifs is 1. The van der Waals surface area contributed by atoms with E-state index >= 15 is 0 Å². The number of nitrogens with zero attached hydrogens (tertiary/aromatic N) is 1. The molecule has 2 rings (SSSR count). The van der Waals surface area contributed by atoms with Crippen molar-refractivity contribution in [3.8, 4) is 0 Å². The van der Waals surface area contributed by atoms with Crippen molar-refractivity contribution in [2.75, 3.05) is 0 Å². The Morgan fingerprint density at radius 3 is 2.93 bits per heavy atom. The molecule has 0 fully saturated rings. The van der Waals surface area contributed by atoms with Crippen LogP contribution in [0.4, 0.5) is 0 Å². The van der Waals surface area contributed by atoms with Gasteiger partial charge in [-0.2, -0.15) is 17.7 Å². The van der Waals surface area contributed by atoms with Crippen molar-refractivity contribution >= 4 is 35.1 Å². The molecule has 0 amide bonds. The summed E-state index contributed by atoms with van der Waals surface area (Å²) < 4.78 is 0. The summed E-state index contributed by atoms with van der Waals surface area (Å²) in [6.45, 7) is 1.93. The molecule has 5 heteroatoms. The van der Waals surface area contributed by atoms with Crippen LogP contribution in [0.25, 0.3) is 10.9 Å². The first kappa shape index (κ1) is 9.83. The van der Waals surface area contributed by atoms with E-state index in [0.717, 1.165) is 22.2 Å². The molecule has 74 valence electrons. The molecule has 2 aromatic rings. The molecule has 0 radical (unpaired) electrons. The van der Waals surface area contributed by atoms with E-state index in [1.54, 1.807) is 0 Å². The van der Waals surface area contributed by atoms with Crippen LogP contribution in [0.15, 0.2) is 12.1 Å². The summed E-state index contributed by atoms with van der Waals surface area (Å²) in [5.74, 6) is 0. The number of thiol groups is 1.